The molecule has 1 unspecified atom stereocenters. The molecular weight excluding hydrogens is 340 g/mol. The van der Waals surface area contributed by atoms with E-state index in [1.807, 2.05) is 54.6 Å². The van der Waals surface area contributed by atoms with E-state index in [1.54, 1.807) is 24.3 Å². The summed E-state index contributed by atoms with van der Waals surface area (Å²) in [6.45, 7) is 0.327. The Kier molecular flexibility index (Phi) is 4.62. The van der Waals surface area contributed by atoms with Gasteiger partial charge in [-0.25, -0.2) is 0 Å². The van der Waals surface area contributed by atoms with E-state index >= 15 is 0 Å². The van der Waals surface area contributed by atoms with Crippen LogP contribution in [0.1, 0.15) is 22.6 Å². The molecule has 1 heterocycles. The van der Waals surface area contributed by atoms with E-state index < -0.39 is 5.92 Å². The second-order valence-electron chi connectivity index (χ2n) is 6.27. The Morgan fingerprint density at radius 2 is 1.63 bits per heavy atom. The Labute approximate surface area is 157 Å². The summed E-state index contributed by atoms with van der Waals surface area (Å²) in [6, 6.07) is 23.8. The predicted octanol–water partition coefficient (Wildman–Crippen LogP) is 4.65. The number of ether oxygens (including phenoxy) is 2. The average Bonchev–Trinajstić information content (AvgIpc) is 2.72. The molecule has 4 rings (SSSR count). The summed E-state index contributed by atoms with van der Waals surface area (Å²) >= 11 is 0. The van der Waals surface area contributed by atoms with Gasteiger partial charge in [-0.05, 0) is 35.9 Å². The van der Waals surface area contributed by atoms with E-state index in [9.17, 15) is 9.90 Å². The van der Waals surface area contributed by atoms with Crippen LogP contribution in [0, 0.1) is 0 Å². The number of hydrogen-bond acceptors (Lipinski definition) is 4. The molecule has 1 atom stereocenters. The van der Waals surface area contributed by atoms with Crippen LogP contribution in [0.15, 0.2) is 84.6 Å². The largest absolute Gasteiger partial charge is 0.508 e. The van der Waals surface area contributed by atoms with Gasteiger partial charge in [-0.2, -0.15) is 0 Å². The van der Waals surface area contributed by atoms with E-state index in [0.717, 1.165) is 23.0 Å². The first-order valence-electron chi connectivity index (χ1n) is 8.68. The molecule has 1 aliphatic heterocycles. The van der Waals surface area contributed by atoms with Gasteiger partial charge in [-0.1, -0.05) is 48.5 Å². The van der Waals surface area contributed by atoms with Crippen molar-refractivity contribution in [2.45, 2.75) is 12.5 Å². The van der Waals surface area contributed by atoms with Crippen molar-refractivity contribution in [3.8, 4) is 11.5 Å². The number of phenolic OH excluding ortho intramolecular Hbond substituents is 1. The summed E-state index contributed by atoms with van der Waals surface area (Å²) in [6.07, 6.45) is 0.877. The lowest BCUT2D eigenvalue weighted by molar-refractivity contribution is -0.109. The molecule has 4 heteroatoms. The minimum Gasteiger partial charge on any atom is -0.508 e. The Balaban J connectivity index is 1.77. The van der Waals surface area contributed by atoms with Crippen molar-refractivity contribution in [1.82, 2.24) is 0 Å². The SMILES string of the molecule is O=CC1C(OCc2ccccc2)=C(c2ccc(O)cc2)Oc2ccccc21. The number of aldehydes is 1. The van der Waals surface area contributed by atoms with Gasteiger partial charge < -0.3 is 19.4 Å². The van der Waals surface area contributed by atoms with Crippen LogP contribution in [0.3, 0.4) is 0 Å². The fourth-order valence-corrected chi connectivity index (χ4v) is 3.11. The van der Waals surface area contributed by atoms with Crippen LogP contribution >= 0.6 is 0 Å². The highest BCUT2D eigenvalue weighted by atomic mass is 16.5. The zero-order valence-corrected chi connectivity index (χ0v) is 14.5. The lowest BCUT2D eigenvalue weighted by Gasteiger charge is -2.28. The molecule has 1 aliphatic rings. The first kappa shape index (κ1) is 16.9. The molecule has 0 aliphatic carbocycles. The third kappa shape index (κ3) is 3.42. The highest BCUT2D eigenvalue weighted by Gasteiger charge is 2.31. The van der Waals surface area contributed by atoms with Crippen molar-refractivity contribution in [2.24, 2.45) is 0 Å². The molecule has 3 aromatic carbocycles. The molecule has 27 heavy (non-hydrogen) atoms. The summed E-state index contributed by atoms with van der Waals surface area (Å²) in [7, 11) is 0. The Morgan fingerprint density at radius 3 is 2.37 bits per heavy atom. The summed E-state index contributed by atoms with van der Waals surface area (Å²) in [5.41, 5.74) is 2.51. The molecule has 4 nitrogen and oxygen atoms in total. The lowest BCUT2D eigenvalue weighted by atomic mass is 9.93. The zero-order chi connectivity index (χ0) is 18.6. The molecule has 0 fully saturated rings. The van der Waals surface area contributed by atoms with E-state index in [4.69, 9.17) is 9.47 Å². The number of fused-ring (bicyclic) bond motifs is 1. The number of allylic oxidation sites excluding steroid dienone is 1. The molecule has 3 aromatic rings. The van der Waals surface area contributed by atoms with Gasteiger partial charge in [0, 0.05) is 11.1 Å². The highest BCUT2D eigenvalue weighted by Crippen LogP contribution is 2.42. The summed E-state index contributed by atoms with van der Waals surface area (Å²) in [5, 5.41) is 9.58. The minimum absolute atomic E-state index is 0.161. The molecule has 0 spiro atoms. The summed E-state index contributed by atoms with van der Waals surface area (Å²) < 4.78 is 12.2. The third-order valence-corrected chi connectivity index (χ3v) is 4.48. The second-order valence-corrected chi connectivity index (χ2v) is 6.27. The van der Waals surface area contributed by atoms with Gasteiger partial charge in [-0.3, -0.25) is 0 Å². The topological polar surface area (TPSA) is 55.8 Å². The number of carbonyl (C=O) groups excluding carboxylic acids is 1. The molecule has 0 saturated carbocycles. The van der Waals surface area contributed by atoms with Crippen molar-refractivity contribution in [3.63, 3.8) is 0 Å². The van der Waals surface area contributed by atoms with Crippen LogP contribution in [-0.4, -0.2) is 11.4 Å². The van der Waals surface area contributed by atoms with Crippen molar-refractivity contribution in [2.75, 3.05) is 0 Å². The Morgan fingerprint density at radius 1 is 0.926 bits per heavy atom. The highest BCUT2D eigenvalue weighted by molar-refractivity contribution is 5.79. The molecule has 134 valence electrons. The van der Waals surface area contributed by atoms with Crippen molar-refractivity contribution >= 4 is 12.0 Å². The van der Waals surface area contributed by atoms with Crippen molar-refractivity contribution in [1.29, 1.82) is 0 Å². The molecule has 0 amide bonds. The smallest absolute Gasteiger partial charge is 0.173 e. The Hall–Kier alpha value is -3.53. The van der Waals surface area contributed by atoms with E-state index in [2.05, 4.69) is 0 Å². The third-order valence-electron chi connectivity index (χ3n) is 4.48. The van der Waals surface area contributed by atoms with Crippen LogP contribution in [-0.2, 0) is 16.1 Å². The molecule has 0 saturated heterocycles. The maximum absolute atomic E-state index is 12.0. The fraction of sp³-hybridized carbons (Fsp3) is 0.0870. The zero-order valence-electron chi connectivity index (χ0n) is 14.5. The standard InChI is InChI=1S/C23H18O4/c24-14-20-19-8-4-5-9-21(19)27-22(17-10-12-18(25)13-11-17)23(20)26-15-16-6-2-1-3-7-16/h1-14,20,25H,15H2. The maximum atomic E-state index is 12.0. The molecule has 0 bridgehead atoms. The van der Waals surface area contributed by atoms with Gasteiger partial charge in [0.1, 0.15) is 30.3 Å². The maximum Gasteiger partial charge on any atom is 0.173 e. The van der Waals surface area contributed by atoms with Crippen molar-refractivity contribution < 1.29 is 19.4 Å². The molecule has 1 N–H and O–H groups in total. The average molecular weight is 358 g/mol. The van der Waals surface area contributed by atoms with E-state index in [0.29, 0.717) is 23.9 Å². The fourth-order valence-electron chi connectivity index (χ4n) is 3.11. The quantitative estimate of drug-likeness (QED) is 0.675. The van der Waals surface area contributed by atoms with Crippen LogP contribution in [0.4, 0.5) is 0 Å². The number of benzene rings is 3. The normalized spacial score (nSPS) is 15.6. The summed E-state index contributed by atoms with van der Waals surface area (Å²) in [5.74, 6) is 1.20. The number of rotatable bonds is 5. The number of aromatic hydroxyl groups is 1. The molecule has 0 aromatic heterocycles. The minimum atomic E-state index is -0.553. The number of para-hydroxylation sites is 1. The van der Waals surface area contributed by atoms with Crippen molar-refractivity contribution in [3.05, 3.63) is 101 Å². The van der Waals surface area contributed by atoms with Gasteiger partial charge >= 0.3 is 0 Å². The van der Waals surface area contributed by atoms with Crippen LogP contribution < -0.4 is 4.74 Å². The van der Waals surface area contributed by atoms with E-state index in [-0.39, 0.29) is 5.75 Å². The Bertz CT molecular complexity index is 975. The van der Waals surface area contributed by atoms with E-state index in [1.165, 1.54) is 0 Å². The predicted molar refractivity (Wildman–Crippen MR) is 102 cm³/mol. The van der Waals surface area contributed by atoms with Crippen LogP contribution in [0.5, 0.6) is 11.5 Å². The molecule has 0 radical (unpaired) electrons. The second kappa shape index (κ2) is 7.38. The van der Waals surface area contributed by atoms with Gasteiger partial charge in [-0.15, -0.1) is 0 Å². The number of hydrogen-bond donors (Lipinski definition) is 1. The van der Waals surface area contributed by atoms with Gasteiger partial charge in [0.05, 0.1) is 0 Å². The number of phenols is 1. The first-order valence-corrected chi connectivity index (χ1v) is 8.68. The first-order chi connectivity index (χ1) is 13.3. The van der Waals surface area contributed by atoms with Gasteiger partial charge in [0.15, 0.2) is 11.5 Å². The molecular formula is C23H18O4. The van der Waals surface area contributed by atoms with Crippen LogP contribution in [0.25, 0.3) is 5.76 Å². The van der Waals surface area contributed by atoms with Gasteiger partial charge in [0.25, 0.3) is 0 Å². The van der Waals surface area contributed by atoms with Crippen LogP contribution in [0.2, 0.25) is 0 Å². The van der Waals surface area contributed by atoms with Gasteiger partial charge in [0.2, 0.25) is 0 Å². The monoisotopic (exact) mass is 358 g/mol. The number of carbonyl (C=O) groups is 1. The lowest BCUT2D eigenvalue weighted by Crippen LogP contribution is -2.18. The summed E-state index contributed by atoms with van der Waals surface area (Å²) in [4.78, 5) is 12.0.